The fourth-order valence-electron chi connectivity index (χ4n) is 5.52. The van der Waals surface area contributed by atoms with Gasteiger partial charge in [-0.3, -0.25) is 24.0 Å². The summed E-state index contributed by atoms with van der Waals surface area (Å²) in [6.07, 6.45) is 9.17. The van der Waals surface area contributed by atoms with Gasteiger partial charge in [0.25, 0.3) is 0 Å². The SMILES string of the molecule is CCCC(CC)C(C)(C)C(NC)C(=O)NC(C)C(=O)N(C)C/C=C/C(=O)NC(CCCNCCN(CC)C(=O)/C=C\C=O)C(=O)O. The summed E-state index contributed by atoms with van der Waals surface area (Å²) in [5.41, 5.74) is -0.326. The summed E-state index contributed by atoms with van der Waals surface area (Å²) in [5, 5.41) is 21.1. The van der Waals surface area contributed by atoms with Crippen LogP contribution in [-0.2, 0) is 28.8 Å². The lowest BCUT2D eigenvalue weighted by atomic mass is 9.69. The Kier molecular flexibility index (Phi) is 21.1. The molecule has 0 aromatic heterocycles. The van der Waals surface area contributed by atoms with Crippen LogP contribution in [-0.4, -0.2) is 116 Å². The highest BCUT2D eigenvalue weighted by atomic mass is 16.4. The summed E-state index contributed by atoms with van der Waals surface area (Å²) >= 11 is 0. The fourth-order valence-corrected chi connectivity index (χ4v) is 5.52. The topological polar surface area (TPSA) is 177 Å². The molecule has 0 aromatic rings. The maximum atomic E-state index is 13.2. The van der Waals surface area contributed by atoms with Crippen molar-refractivity contribution in [3.8, 4) is 0 Å². The molecule has 0 saturated carbocycles. The van der Waals surface area contributed by atoms with Gasteiger partial charge in [-0.05, 0) is 57.7 Å². The van der Waals surface area contributed by atoms with Crippen LogP contribution in [0.3, 0.4) is 0 Å². The largest absolute Gasteiger partial charge is 0.480 e. The van der Waals surface area contributed by atoms with Crippen molar-refractivity contribution in [3.63, 3.8) is 0 Å². The van der Waals surface area contributed by atoms with E-state index in [2.05, 4.69) is 49.0 Å². The van der Waals surface area contributed by atoms with E-state index < -0.39 is 30.0 Å². The van der Waals surface area contributed by atoms with Gasteiger partial charge in [0.2, 0.25) is 23.6 Å². The highest BCUT2D eigenvalue weighted by Crippen LogP contribution is 2.36. The predicted octanol–water partition coefficient (Wildman–Crippen LogP) is 1.49. The Morgan fingerprint density at radius 3 is 2.20 bits per heavy atom. The van der Waals surface area contributed by atoms with Crippen molar-refractivity contribution in [2.45, 2.75) is 91.8 Å². The third kappa shape index (κ3) is 15.1. The van der Waals surface area contributed by atoms with Crippen molar-refractivity contribution in [1.29, 1.82) is 0 Å². The van der Waals surface area contributed by atoms with Crippen molar-refractivity contribution in [1.82, 2.24) is 31.1 Å². The number of carbonyl (C=O) groups excluding carboxylic acids is 5. The van der Waals surface area contributed by atoms with E-state index in [9.17, 15) is 33.9 Å². The first-order valence-corrected chi connectivity index (χ1v) is 16.2. The van der Waals surface area contributed by atoms with Crippen molar-refractivity contribution in [2.75, 3.05) is 46.8 Å². The number of likely N-dealkylation sites (N-methyl/N-ethyl adjacent to an activating group) is 3. The number of nitrogens with zero attached hydrogens (tertiary/aromatic N) is 2. The van der Waals surface area contributed by atoms with Crippen molar-refractivity contribution >= 4 is 35.9 Å². The van der Waals surface area contributed by atoms with Gasteiger partial charge in [0.05, 0.1) is 6.04 Å². The van der Waals surface area contributed by atoms with Gasteiger partial charge in [0.15, 0.2) is 0 Å². The zero-order valence-corrected chi connectivity index (χ0v) is 29.1. The summed E-state index contributed by atoms with van der Waals surface area (Å²) in [6.45, 7) is 13.8. The molecular formula is C33H58N6O7. The van der Waals surface area contributed by atoms with E-state index >= 15 is 0 Å². The smallest absolute Gasteiger partial charge is 0.326 e. The Hall–Kier alpha value is -3.58. The molecule has 0 bridgehead atoms. The third-order valence-corrected chi connectivity index (χ3v) is 8.26. The number of carboxylic acids is 1. The van der Waals surface area contributed by atoms with E-state index in [1.54, 1.807) is 25.9 Å². The minimum Gasteiger partial charge on any atom is -0.480 e. The molecular weight excluding hydrogens is 592 g/mol. The number of carboxylic acid groups (broad SMARTS) is 1. The molecule has 0 aromatic carbocycles. The van der Waals surface area contributed by atoms with E-state index in [1.165, 1.54) is 23.1 Å². The Morgan fingerprint density at radius 1 is 0.978 bits per heavy atom. The van der Waals surface area contributed by atoms with Crippen LogP contribution in [0, 0.1) is 11.3 Å². The molecule has 5 N–H and O–H groups in total. The zero-order chi connectivity index (χ0) is 35.3. The lowest BCUT2D eigenvalue weighted by Gasteiger charge is -2.40. The van der Waals surface area contributed by atoms with Crippen LogP contribution in [0.2, 0.25) is 0 Å². The number of hydrogen-bond acceptors (Lipinski definition) is 8. The maximum absolute atomic E-state index is 13.2. The number of nitrogens with one attached hydrogen (secondary N) is 4. The first-order chi connectivity index (χ1) is 21.7. The van der Waals surface area contributed by atoms with Gasteiger partial charge < -0.3 is 36.2 Å². The van der Waals surface area contributed by atoms with E-state index in [1.807, 2.05) is 6.92 Å². The first-order valence-electron chi connectivity index (χ1n) is 16.2. The Morgan fingerprint density at radius 2 is 1.65 bits per heavy atom. The summed E-state index contributed by atoms with van der Waals surface area (Å²) in [7, 11) is 3.31. The second-order valence-electron chi connectivity index (χ2n) is 12.0. The molecule has 262 valence electrons. The Balaban J connectivity index is 4.81. The van der Waals surface area contributed by atoms with Crippen molar-refractivity contribution in [3.05, 3.63) is 24.3 Å². The monoisotopic (exact) mass is 650 g/mol. The molecule has 0 aliphatic carbocycles. The molecule has 13 heteroatoms. The molecule has 0 heterocycles. The molecule has 4 amide bonds. The van der Waals surface area contributed by atoms with E-state index in [-0.39, 0.29) is 36.1 Å². The highest BCUT2D eigenvalue weighted by Gasteiger charge is 2.40. The highest BCUT2D eigenvalue weighted by molar-refractivity contribution is 5.92. The van der Waals surface area contributed by atoms with Crippen LogP contribution in [0.1, 0.15) is 73.6 Å². The van der Waals surface area contributed by atoms with Gasteiger partial charge in [-0.2, -0.15) is 0 Å². The second kappa shape index (κ2) is 22.8. The van der Waals surface area contributed by atoms with Gasteiger partial charge >= 0.3 is 5.97 Å². The molecule has 0 spiro atoms. The number of aldehydes is 1. The van der Waals surface area contributed by atoms with Crippen LogP contribution in [0.25, 0.3) is 0 Å². The van der Waals surface area contributed by atoms with Gasteiger partial charge in [-0.15, -0.1) is 0 Å². The van der Waals surface area contributed by atoms with Crippen LogP contribution in [0.15, 0.2) is 24.3 Å². The fraction of sp³-hybridized carbons (Fsp3) is 0.697. The van der Waals surface area contributed by atoms with E-state index in [0.717, 1.165) is 25.3 Å². The molecule has 0 aliphatic rings. The zero-order valence-electron chi connectivity index (χ0n) is 29.1. The first kappa shape index (κ1) is 42.4. The molecule has 0 fully saturated rings. The quantitative estimate of drug-likeness (QED) is 0.0588. The average Bonchev–Trinajstić information content (AvgIpc) is 3.00. The number of allylic oxidation sites excluding steroid dienone is 1. The second-order valence-corrected chi connectivity index (χ2v) is 12.0. The minimum absolute atomic E-state index is 0.0890. The van der Waals surface area contributed by atoms with E-state index in [0.29, 0.717) is 44.8 Å². The molecule has 4 atom stereocenters. The lowest BCUT2D eigenvalue weighted by Crippen LogP contribution is -2.57. The molecule has 46 heavy (non-hydrogen) atoms. The Bertz CT molecular complexity index is 1050. The van der Waals surface area contributed by atoms with Gasteiger partial charge in [0.1, 0.15) is 18.4 Å². The standard InChI is InChI=1S/C33H58N6O7/c1-9-15-25(10-2)33(5,6)29(34-7)30(43)36-24(4)31(44)38(8)21-13-17-27(41)37-26(32(45)46)16-12-19-35-20-22-39(11-3)28(42)18-14-23-40/h13-14,17-18,23-26,29,34-35H,9-12,15-16,19-22H2,1-8H3,(H,36,43)(H,37,41)(H,45,46)/b17-13+,18-14-. The summed E-state index contributed by atoms with van der Waals surface area (Å²) < 4.78 is 0. The number of hydrogen-bond donors (Lipinski definition) is 5. The number of carbonyl (C=O) groups is 6. The molecule has 0 aliphatic heterocycles. The lowest BCUT2D eigenvalue weighted by molar-refractivity contribution is -0.141. The van der Waals surface area contributed by atoms with Crippen LogP contribution in [0.5, 0.6) is 0 Å². The van der Waals surface area contributed by atoms with Gasteiger partial charge in [0, 0.05) is 45.4 Å². The molecule has 0 radical (unpaired) electrons. The minimum atomic E-state index is -1.16. The van der Waals surface area contributed by atoms with Crippen LogP contribution < -0.4 is 21.3 Å². The van der Waals surface area contributed by atoms with Crippen LogP contribution in [0.4, 0.5) is 0 Å². The Labute approximate surface area is 275 Å². The summed E-state index contributed by atoms with van der Waals surface area (Å²) in [6, 6.07) is -2.36. The molecule has 13 nitrogen and oxygen atoms in total. The van der Waals surface area contributed by atoms with Crippen molar-refractivity contribution < 1.29 is 33.9 Å². The number of amides is 4. The predicted molar refractivity (Wildman–Crippen MR) is 179 cm³/mol. The van der Waals surface area contributed by atoms with Crippen molar-refractivity contribution in [2.24, 2.45) is 11.3 Å². The maximum Gasteiger partial charge on any atom is 0.326 e. The van der Waals surface area contributed by atoms with Crippen LogP contribution >= 0.6 is 0 Å². The normalized spacial score (nSPS) is 14.3. The van der Waals surface area contributed by atoms with Gasteiger partial charge in [-0.1, -0.05) is 53.0 Å². The average molecular weight is 651 g/mol. The summed E-state index contributed by atoms with van der Waals surface area (Å²) in [4.78, 5) is 75.5. The molecule has 0 saturated heterocycles. The van der Waals surface area contributed by atoms with E-state index in [4.69, 9.17) is 0 Å². The number of aliphatic carboxylic acids is 1. The molecule has 0 rings (SSSR count). The molecule has 4 unspecified atom stereocenters. The number of rotatable bonds is 24. The van der Waals surface area contributed by atoms with Gasteiger partial charge in [-0.25, -0.2) is 4.79 Å². The third-order valence-electron chi connectivity index (χ3n) is 8.26. The summed E-state index contributed by atoms with van der Waals surface area (Å²) in [5.74, 6) is -2.26.